The van der Waals surface area contributed by atoms with Gasteiger partial charge in [-0.2, -0.15) is 5.26 Å². The van der Waals surface area contributed by atoms with Gasteiger partial charge in [0, 0.05) is 5.88 Å². The Morgan fingerprint density at radius 1 is 1.59 bits per heavy atom. The average molecular weight is 260 g/mol. The van der Waals surface area contributed by atoms with Crippen LogP contribution in [0.4, 0.5) is 8.78 Å². The lowest BCUT2D eigenvalue weighted by Crippen LogP contribution is -2.11. The lowest BCUT2D eigenvalue weighted by molar-refractivity contribution is 0.0588. The highest BCUT2D eigenvalue weighted by Gasteiger charge is 2.25. The summed E-state index contributed by atoms with van der Waals surface area (Å²) in [5.41, 5.74) is -0.990. The molecule has 0 saturated heterocycles. The summed E-state index contributed by atoms with van der Waals surface area (Å²) in [4.78, 5) is 11.5. The van der Waals surface area contributed by atoms with Gasteiger partial charge >= 0.3 is 5.97 Å². The summed E-state index contributed by atoms with van der Waals surface area (Å²) in [5, 5.41) is 8.74. The predicted octanol–water partition coefficient (Wildman–Crippen LogP) is 3.02. The molecule has 0 aliphatic heterocycles. The maximum atomic E-state index is 12.9. The molecular formula is C11H8ClF2NO2. The third kappa shape index (κ3) is 2.53. The molecular weight excluding hydrogens is 252 g/mol. The van der Waals surface area contributed by atoms with Crippen molar-refractivity contribution in [2.45, 2.75) is 12.3 Å². The summed E-state index contributed by atoms with van der Waals surface area (Å²) in [6.07, 6.45) is -2.94. The Bertz CT molecular complexity index is 483. The van der Waals surface area contributed by atoms with Gasteiger partial charge in [0.25, 0.3) is 6.43 Å². The third-order valence-electron chi connectivity index (χ3n) is 2.20. The molecule has 0 aromatic heterocycles. The highest BCUT2D eigenvalue weighted by atomic mass is 35.5. The number of methoxy groups -OCH3 is 1. The fourth-order valence-electron chi connectivity index (χ4n) is 1.44. The summed E-state index contributed by atoms with van der Waals surface area (Å²) in [6, 6.07) is 4.20. The molecule has 17 heavy (non-hydrogen) atoms. The molecule has 0 atom stereocenters. The molecule has 1 aromatic rings. The molecule has 3 nitrogen and oxygen atoms in total. The highest BCUT2D eigenvalue weighted by molar-refractivity contribution is 6.17. The molecule has 0 spiro atoms. The number of alkyl halides is 3. The number of esters is 1. The van der Waals surface area contributed by atoms with E-state index in [9.17, 15) is 13.6 Å². The van der Waals surface area contributed by atoms with Gasteiger partial charge in [-0.1, -0.05) is 6.07 Å². The van der Waals surface area contributed by atoms with E-state index in [1.807, 2.05) is 0 Å². The van der Waals surface area contributed by atoms with E-state index in [0.717, 1.165) is 7.11 Å². The van der Waals surface area contributed by atoms with Gasteiger partial charge in [-0.15, -0.1) is 11.6 Å². The van der Waals surface area contributed by atoms with Crippen molar-refractivity contribution < 1.29 is 18.3 Å². The van der Waals surface area contributed by atoms with Crippen molar-refractivity contribution in [1.29, 1.82) is 5.26 Å². The number of hydrogen-bond acceptors (Lipinski definition) is 3. The second-order valence-corrected chi connectivity index (χ2v) is 3.37. The molecule has 0 fully saturated rings. The smallest absolute Gasteiger partial charge is 0.338 e. The van der Waals surface area contributed by atoms with Crippen LogP contribution < -0.4 is 0 Å². The second kappa shape index (κ2) is 5.60. The summed E-state index contributed by atoms with van der Waals surface area (Å²) < 4.78 is 30.2. The van der Waals surface area contributed by atoms with E-state index in [4.69, 9.17) is 16.9 Å². The summed E-state index contributed by atoms with van der Waals surface area (Å²) in [5.74, 6) is -1.04. The molecule has 6 heteroatoms. The van der Waals surface area contributed by atoms with Crippen molar-refractivity contribution in [3.8, 4) is 6.07 Å². The van der Waals surface area contributed by atoms with Crippen LogP contribution in [0.3, 0.4) is 0 Å². The average Bonchev–Trinajstić information content (AvgIpc) is 2.35. The molecule has 0 heterocycles. The van der Waals surface area contributed by atoms with E-state index in [0.29, 0.717) is 0 Å². The number of nitriles is 1. The third-order valence-corrected chi connectivity index (χ3v) is 2.49. The highest BCUT2D eigenvalue weighted by Crippen LogP contribution is 2.30. The van der Waals surface area contributed by atoms with Crippen LogP contribution in [0.25, 0.3) is 0 Å². The largest absolute Gasteiger partial charge is 0.465 e. The zero-order valence-electron chi connectivity index (χ0n) is 8.84. The van der Waals surface area contributed by atoms with E-state index in [2.05, 4.69) is 4.74 Å². The van der Waals surface area contributed by atoms with Gasteiger partial charge in [0.05, 0.1) is 29.9 Å². The molecule has 0 radical (unpaired) electrons. The molecule has 90 valence electrons. The van der Waals surface area contributed by atoms with E-state index < -0.39 is 18.0 Å². The minimum absolute atomic E-state index is 0.115. The van der Waals surface area contributed by atoms with Gasteiger partial charge in [-0.05, 0) is 11.6 Å². The lowest BCUT2D eigenvalue weighted by Gasteiger charge is -2.12. The fourth-order valence-corrected chi connectivity index (χ4v) is 1.67. The van der Waals surface area contributed by atoms with Crippen LogP contribution in [-0.2, 0) is 10.6 Å². The van der Waals surface area contributed by atoms with Crippen molar-refractivity contribution in [3.05, 3.63) is 34.4 Å². The standard InChI is InChI=1S/C11H8ClF2NO2/c1-17-11(16)9-6(4-12)2-3-7(5-15)8(9)10(13)14/h2-3,10H,4H2,1H3. The first-order valence-corrected chi connectivity index (χ1v) is 5.08. The molecule has 0 N–H and O–H groups in total. The van der Waals surface area contributed by atoms with Crippen molar-refractivity contribution in [2.24, 2.45) is 0 Å². The molecule has 0 unspecified atom stereocenters. The van der Waals surface area contributed by atoms with Crippen molar-refractivity contribution in [2.75, 3.05) is 7.11 Å². The number of rotatable bonds is 3. The first kappa shape index (κ1) is 13.4. The van der Waals surface area contributed by atoms with Crippen molar-refractivity contribution in [3.63, 3.8) is 0 Å². The topological polar surface area (TPSA) is 50.1 Å². The first-order chi connectivity index (χ1) is 8.06. The van der Waals surface area contributed by atoms with Crippen LogP contribution in [0.2, 0.25) is 0 Å². The number of nitrogens with zero attached hydrogens (tertiary/aromatic N) is 1. The molecule has 0 aliphatic rings. The number of carbonyl (C=O) groups is 1. The maximum Gasteiger partial charge on any atom is 0.338 e. The Kier molecular flexibility index (Phi) is 4.41. The summed E-state index contributed by atoms with van der Waals surface area (Å²) in [7, 11) is 1.08. The van der Waals surface area contributed by atoms with Crippen LogP contribution in [0.5, 0.6) is 0 Å². The first-order valence-electron chi connectivity index (χ1n) is 4.55. The van der Waals surface area contributed by atoms with Crippen LogP contribution in [0.1, 0.15) is 33.5 Å². The zero-order chi connectivity index (χ0) is 13.0. The Morgan fingerprint density at radius 2 is 2.24 bits per heavy atom. The predicted molar refractivity (Wildman–Crippen MR) is 57.0 cm³/mol. The van der Waals surface area contributed by atoms with Crippen LogP contribution in [0, 0.1) is 11.3 Å². The van der Waals surface area contributed by atoms with Crippen LogP contribution in [-0.4, -0.2) is 13.1 Å². The summed E-state index contributed by atoms with van der Waals surface area (Å²) >= 11 is 5.57. The number of halogens is 3. The molecule has 1 aromatic carbocycles. The van der Waals surface area contributed by atoms with Crippen molar-refractivity contribution in [1.82, 2.24) is 0 Å². The number of benzene rings is 1. The van der Waals surface area contributed by atoms with Crippen LogP contribution in [0.15, 0.2) is 12.1 Å². The van der Waals surface area contributed by atoms with E-state index in [1.165, 1.54) is 12.1 Å². The molecule has 1 rings (SSSR count). The molecule has 0 bridgehead atoms. The van der Waals surface area contributed by atoms with E-state index in [1.54, 1.807) is 6.07 Å². The van der Waals surface area contributed by atoms with Gasteiger partial charge in [0.15, 0.2) is 0 Å². The van der Waals surface area contributed by atoms with E-state index in [-0.39, 0.29) is 22.6 Å². The molecule has 0 aliphatic carbocycles. The van der Waals surface area contributed by atoms with Crippen LogP contribution >= 0.6 is 11.6 Å². The van der Waals surface area contributed by atoms with Gasteiger partial charge in [0.2, 0.25) is 0 Å². The SMILES string of the molecule is COC(=O)c1c(CCl)ccc(C#N)c1C(F)F. The minimum Gasteiger partial charge on any atom is -0.465 e. The van der Waals surface area contributed by atoms with Gasteiger partial charge in [-0.25, -0.2) is 13.6 Å². The molecule has 0 amide bonds. The van der Waals surface area contributed by atoms with Gasteiger partial charge < -0.3 is 4.74 Å². The minimum atomic E-state index is -2.94. The monoisotopic (exact) mass is 259 g/mol. The Morgan fingerprint density at radius 3 is 2.65 bits per heavy atom. The lowest BCUT2D eigenvalue weighted by atomic mass is 9.97. The van der Waals surface area contributed by atoms with Crippen molar-refractivity contribution >= 4 is 17.6 Å². The van der Waals surface area contributed by atoms with E-state index >= 15 is 0 Å². The molecule has 0 saturated carbocycles. The number of carbonyl (C=O) groups excluding carboxylic acids is 1. The normalized spacial score (nSPS) is 10.1. The summed E-state index contributed by atoms with van der Waals surface area (Å²) in [6.45, 7) is 0. The fraction of sp³-hybridized carbons (Fsp3) is 0.273. The zero-order valence-corrected chi connectivity index (χ0v) is 9.59. The second-order valence-electron chi connectivity index (χ2n) is 3.10. The van der Waals surface area contributed by atoms with Gasteiger partial charge in [0.1, 0.15) is 0 Å². The number of ether oxygens (including phenoxy) is 1. The quantitative estimate of drug-likeness (QED) is 0.619. The number of hydrogen-bond donors (Lipinski definition) is 0. The Hall–Kier alpha value is -1.67. The Balaban J connectivity index is 3.59. The van der Waals surface area contributed by atoms with Gasteiger partial charge in [-0.3, -0.25) is 0 Å². The maximum absolute atomic E-state index is 12.9. The Labute approximate surface area is 102 Å².